The van der Waals surface area contributed by atoms with Crippen LogP contribution in [0.1, 0.15) is 17.3 Å². The highest BCUT2D eigenvalue weighted by Gasteiger charge is 2.06. The van der Waals surface area contributed by atoms with Gasteiger partial charge in [-0.1, -0.05) is 24.3 Å². The van der Waals surface area contributed by atoms with Crippen LogP contribution < -0.4 is 4.72 Å². The van der Waals surface area contributed by atoms with Crippen molar-refractivity contribution in [3.05, 3.63) is 60.2 Å². The molecule has 0 bridgehead atoms. The molecule has 0 saturated heterocycles. The Morgan fingerprint density at radius 1 is 1.14 bits per heavy atom. The maximum atomic E-state index is 11.6. The van der Waals surface area contributed by atoms with Gasteiger partial charge in [-0.2, -0.15) is 0 Å². The summed E-state index contributed by atoms with van der Waals surface area (Å²) in [5, 5.41) is 12.0. The van der Waals surface area contributed by atoms with Gasteiger partial charge < -0.3 is 9.46 Å². The van der Waals surface area contributed by atoms with E-state index in [1.165, 1.54) is 11.9 Å². The molecule has 0 heterocycles. The molecule has 6 heteroatoms. The van der Waals surface area contributed by atoms with Crippen LogP contribution in [-0.2, 0) is 4.74 Å². The van der Waals surface area contributed by atoms with Crippen molar-refractivity contribution in [1.82, 2.24) is 0 Å². The third-order valence-corrected chi connectivity index (χ3v) is 3.25. The highest BCUT2D eigenvalue weighted by atomic mass is 32.2. The molecule has 0 saturated carbocycles. The number of anilines is 1. The fourth-order valence-corrected chi connectivity index (χ4v) is 2.19. The van der Waals surface area contributed by atoms with E-state index in [0.29, 0.717) is 12.2 Å². The lowest BCUT2D eigenvalue weighted by Crippen LogP contribution is -2.04. The number of hydrogen-bond acceptors (Lipinski definition) is 6. The SMILES string of the molecule is CCOC(=O)c1cccc(NSc2ccccc2)c1.OO. The minimum atomic E-state index is -0.295. The summed E-state index contributed by atoms with van der Waals surface area (Å²) in [4.78, 5) is 12.7. The van der Waals surface area contributed by atoms with Crippen LogP contribution in [0.2, 0.25) is 0 Å². The number of nitrogens with one attached hydrogen (secondary N) is 1. The maximum absolute atomic E-state index is 11.6. The van der Waals surface area contributed by atoms with Crippen molar-refractivity contribution in [2.45, 2.75) is 11.8 Å². The van der Waals surface area contributed by atoms with E-state index in [1.807, 2.05) is 42.5 Å². The molecule has 21 heavy (non-hydrogen) atoms. The molecule has 2 aromatic rings. The first-order valence-electron chi connectivity index (χ1n) is 6.24. The van der Waals surface area contributed by atoms with Crippen molar-refractivity contribution in [1.29, 1.82) is 0 Å². The summed E-state index contributed by atoms with van der Waals surface area (Å²) >= 11 is 1.51. The van der Waals surface area contributed by atoms with Crippen LogP contribution >= 0.6 is 11.9 Å². The zero-order chi connectivity index (χ0) is 15.5. The van der Waals surface area contributed by atoms with Crippen molar-refractivity contribution in [3.63, 3.8) is 0 Å². The second-order valence-electron chi connectivity index (χ2n) is 3.82. The highest BCUT2D eigenvalue weighted by Crippen LogP contribution is 2.21. The molecular weight excluding hydrogens is 290 g/mol. The van der Waals surface area contributed by atoms with Crippen molar-refractivity contribution in [3.8, 4) is 0 Å². The topological polar surface area (TPSA) is 78.8 Å². The van der Waals surface area contributed by atoms with Gasteiger partial charge in [0, 0.05) is 10.6 Å². The molecule has 3 N–H and O–H groups in total. The number of esters is 1. The van der Waals surface area contributed by atoms with E-state index in [9.17, 15) is 4.79 Å². The van der Waals surface area contributed by atoms with Gasteiger partial charge >= 0.3 is 5.97 Å². The lowest BCUT2D eigenvalue weighted by atomic mass is 10.2. The molecule has 0 aliphatic carbocycles. The molecule has 2 rings (SSSR count). The molecule has 0 aromatic heterocycles. The fourth-order valence-electron chi connectivity index (χ4n) is 1.53. The number of benzene rings is 2. The summed E-state index contributed by atoms with van der Waals surface area (Å²) in [6.45, 7) is 2.18. The fraction of sp³-hybridized carbons (Fsp3) is 0.133. The summed E-state index contributed by atoms with van der Waals surface area (Å²) < 4.78 is 8.18. The van der Waals surface area contributed by atoms with Crippen LogP contribution in [-0.4, -0.2) is 23.1 Å². The van der Waals surface area contributed by atoms with Crippen LogP contribution in [0, 0.1) is 0 Å². The average molecular weight is 307 g/mol. The van der Waals surface area contributed by atoms with Crippen LogP contribution in [0.3, 0.4) is 0 Å². The first-order valence-corrected chi connectivity index (χ1v) is 7.06. The molecular formula is C15H17NO4S. The molecule has 0 spiro atoms. The van der Waals surface area contributed by atoms with Crippen LogP contribution in [0.5, 0.6) is 0 Å². The highest BCUT2D eigenvalue weighted by molar-refractivity contribution is 8.00. The van der Waals surface area contributed by atoms with E-state index < -0.39 is 0 Å². The summed E-state index contributed by atoms with van der Waals surface area (Å²) in [6, 6.07) is 17.3. The van der Waals surface area contributed by atoms with Gasteiger partial charge in [0.2, 0.25) is 0 Å². The largest absolute Gasteiger partial charge is 0.462 e. The standard InChI is InChI=1S/C15H15NO2S.H2O2/c1-2-18-15(17)12-7-6-8-13(11-12)16-19-14-9-4-3-5-10-14;1-2/h3-11,16H,2H2,1H3;1-2H. The Hall–Kier alpha value is -2.02. The number of ether oxygens (including phenoxy) is 1. The van der Waals surface area contributed by atoms with E-state index in [4.69, 9.17) is 15.3 Å². The van der Waals surface area contributed by atoms with E-state index in [1.54, 1.807) is 19.1 Å². The van der Waals surface area contributed by atoms with Crippen molar-refractivity contribution in [2.24, 2.45) is 0 Å². The molecule has 2 aromatic carbocycles. The quantitative estimate of drug-likeness (QED) is 0.335. The zero-order valence-electron chi connectivity index (χ0n) is 11.5. The summed E-state index contributed by atoms with van der Waals surface area (Å²) in [6.07, 6.45) is 0. The Morgan fingerprint density at radius 3 is 2.52 bits per heavy atom. The van der Waals surface area contributed by atoms with Gasteiger partial charge in [0.05, 0.1) is 12.2 Å². The molecule has 0 aliphatic rings. The number of hydrogen-bond donors (Lipinski definition) is 3. The average Bonchev–Trinajstić information content (AvgIpc) is 2.56. The van der Waals surface area contributed by atoms with E-state index in [2.05, 4.69) is 4.72 Å². The second kappa shape index (κ2) is 9.82. The van der Waals surface area contributed by atoms with Gasteiger partial charge in [-0.05, 0) is 49.2 Å². The Kier molecular flexibility index (Phi) is 7.96. The van der Waals surface area contributed by atoms with E-state index >= 15 is 0 Å². The molecule has 0 unspecified atom stereocenters. The lowest BCUT2D eigenvalue weighted by Gasteiger charge is -2.07. The third-order valence-electron chi connectivity index (χ3n) is 2.40. The molecule has 0 atom stereocenters. The van der Waals surface area contributed by atoms with Gasteiger partial charge in [0.1, 0.15) is 0 Å². The Bertz CT molecular complexity index is 548. The predicted octanol–water partition coefficient (Wildman–Crippen LogP) is 4.00. The minimum absolute atomic E-state index is 0.295. The predicted molar refractivity (Wildman–Crippen MR) is 83.6 cm³/mol. The smallest absolute Gasteiger partial charge is 0.338 e. The molecule has 5 nitrogen and oxygen atoms in total. The maximum Gasteiger partial charge on any atom is 0.338 e. The number of rotatable bonds is 5. The van der Waals surface area contributed by atoms with Crippen molar-refractivity contribution >= 4 is 23.6 Å². The van der Waals surface area contributed by atoms with E-state index in [0.717, 1.165) is 10.6 Å². The lowest BCUT2D eigenvalue weighted by molar-refractivity contribution is -0.176. The first-order chi connectivity index (χ1) is 10.3. The van der Waals surface area contributed by atoms with Gasteiger partial charge in [0.15, 0.2) is 0 Å². The van der Waals surface area contributed by atoms with Gasteiger partial charge in [0.25, 0.3) is 0 Å². The summed E-state index contributed by atoms with van der Waals surface area (Å²) in [5.74, 6) is -0.295. The van der Waals surface area contributed by atoms with Crippen LogP contribution in [0.15, 0.2) is 59.5 Å². The molecule has 0 aliphatic heterocycles. The van der Waals surface area contributed by atoms with Crippen LogP contribution in [0.25, 0.3) is 0 Å². The molecule has 0 fully saturated rings. The van der Waals surface area contributed by atoms with Crippen LogP contribution in [0.4, 0.5) is 5.69 Å². The van der Waals surface area contributed by atoms with Gasteiger partial charge in [-0.25, -0.2) is 4.79 Å². The zero-order valence-corrected chi connectivity index (χ0v) is 12.3. The number of carbonyl (C=O) groups is 1. The van der Waals surface area contributed by atoms with Crippen molar-refractivity contribution < 1.29 is 20.0 Å². The summed E-state index contributed by atoms with van der Waals surface area (Å²) in [5.41, 5.74) is 1.43. The van der Waals surface area contributed by atoms with Gasteiger partial charge in [-0.3, -0.25) is 10.5 Å². The monoisotopic (exact) mass is 307 g/mol. The third kappa shape index (κ3) is 5.86. The summed E-state index contributed by atoms with van der Waals surface area (Å²) in [7, 11) is 0. The Morgan fingerprint density at radius 2 is 1.86 bits per heavy atom. The van der Waals surface area contributed by atoms with Crippen molar-refractivity contribution in [2.75, 3.05) is 11.3 Å². The second-order valence-corrected chi connectivity index (χ2v) is 4.70. The molecule has 0 amide bonds. The molecule has 112 valence electrons. The first kappa shape index (κ1) is 17.0. The Labute approximate surface area is 127 Å². The normalized spacial score (nSPS) is 9.29. The number of carbonyl (C=O) groups excluding carboxylic acids is 1. The minimum Gasteiger partial charge on any atom is -0.462 e. The van der Waals surface area contributed by atoms with E-state index in [-0.39, 0.29) is 5.97 Å². The Balaban J connectivity index is 0.00000106. The molecule has 0 radical (unpaired) electrons. The van der Waals surface area contributed by atoms with Gasteiger partial charge in [-0.15, -0.1) is 0 Å².